The van der Waals surface area contributed by atoms with Gasteiger partial charge < -0.3 is 19.1 Å². The molecule has 0 spiro atoms. The summed E-state index contributed by atoms with van der Waals surface area (Å²) in [6, 6.07) is 14.5. The Balaban J connectivity index is 1.78. The van der Waals surface area contributed by atoms with E-state index in [1.54, 1.807) is 48.4 Å². The molecule has 30 heavy (non-hydrogen) atoms. The summed E-state index contributed by atoms with van der Waals surface area (Å²) in [5.74, 6) is 0.309. The number of hydrogen-bond donors (Lipinski definition) is 0. The maximum absolute atomic E-state index is 13.1. The van der Waals surface area contributed by atoms with Crippen molar-refractivity contribution in [3.8, 4) is 11.5 Å². The van der Waals surface area contributed by atoms with Crippen LogP contribution >= 0.6 is 0 Å². The van der Waals surface area contributed by atoms with Gasteiger partial charge in [0.2, 0.25) is 6.10 Å². The molecule has 2 aromatic carbocycles. The fourth-order valence-corrected chi connectivity index (χ4v) is 3.53. The molecule has 0 bridgehead atoms. The number of esters is 1. The van der Waals surface area contributed by atoms with Gasteiger partial charge in [0, 0.05) is 30.3 Å². The van der Waals surface area contributed by atoms with E-state index in [0.29, 0.717) is 35.7 Å². The first-order valence-corrected chi connectivity index (χ1v) is 10.1. The quantitative estimate of drug-likeness (QED) is 0.511. The lowest BCUT2D eigenvalue weighted by molar-refractivity contribution is -0.157. The number of nitrogens with zero attached hydrogens (tertiary/aromatic N) is 1. The van der Waals surface area contributed by atoms with Crippen LogP contribution in [0.25, 0.3) is 6.08 Å². The third kappa shape index (κ3) is 5.20. The molecule has 0 unspecified atom stereocenters. The minimum absolute atomic E-state index is 0.179. The first kappa shape index (κ1) is 21.4. The molecule has 1 amide bonds. The van der Waals surface area contributed by atoms with E-state index in [4.69, 9.17) is 14.2 Å². The van der Waals surface area contributed by atoms with E-state index in [2.05, 4.69) is 0 Å². The number of carbonyl (C=O) groups is 2. The Kier molecular flexibility index (Phi) is 7.49. The van der Waals surface area contributed by atoms with E-state index in [1.165, 1.54) is 13.2 Å². The molecule has 0 radical (unpaired) electrons. The van der Waals surface area contributed by atoms with Crippen molar-refractivity contribution in [3.05, 3.63) is 65.7 Å². The van der Waals surface area contributed by atoms with Crippen molar-refractivity contribution in [1.82, 2.24) is 4.90 Å². The van der Waals surface area contributed by atoms with Gasteiger partial charge in [0.1, 0.15) is 0 Å². The standard InChI is InChI=1S/C24H27NO5/c1-28-20-13-9-12-19(22(20)29-2)14-15-21(26)30-23(18-10-5-3-6-11-18)24(27)25-16-7-4-8-17-25/h3,5-6,9-15,23H,4,7-8,16-17H2,1-2H3/b15-14+/t23-/m0/s1. The third-order valence-electron chi connectivity index (χ3n) is 5.06. The predicted molar refractivity (Wildman–Crippen MR) is 114 cm³/mol. The number of methoxy groups -OCH3 is 2. The zero-order valence-electron chi connectivity index (χ0n) is 17.4. The smallest absolute Gasteiger partial charge is 0.331 e. The van der Waals surface area contributed by atoms with Crippen LogP contribution in [0.5, 0.6) is 11.5 Å². The van der Waals surface area contributed by atoms with E-state index in [1.807, 2.05) is 18.2 Å². The third-order valence-corrected chi connectivity index (χ3v) is 5.06. The fourth-order valence-electron chi connectivity index (χ4n) is 3.53. The van der Waals surface area contributed by atoms with E-state index < -0.39 is 12.1 Å². The van der Waals surface area contributed by atoms with Gasteiger partial charge in [-0.1, -0.05) is 42.5 Å². The number of hydrogen-bond acceptors (Lipinski definition) is 5. The summed E-state index contributed by atoms with van der Waals surface area (Å²) < 4.78 is 16.3. The van der Waals surface area contributed by atoms with E-state index in [-0.39, 0.29) is 5.91 Å². The Bertz CT molecular complexity index is 888. The summed E-state index contributed by atoms with van der Waals surface area (Å²) in [5, 5.41) is 0. The van der Waals surface area contributed by atoms with Crippen LogP contribution in [0.15, 0.2) is 54.6 Å². The van der Waals surface area contributed by atoms with Crippen LogP contribution in [0, 0.1) is 0 Å². The van der Waals surface area contributed by atoms with Gasteiger partial charge in [-0.3, -0.25) is 4.79 Å². The summed E-state index contributed by atoms with van der Waals surface area (Å²) in [6.07, 6.45) is 4.99. The van der Waals surface area contributed by atoms with Crippen LogP contribution in [0.2, 0.25) is 0 Å². The first-order chi connectivity index (χ1) is 14.6. The van der Waals surface area contributed by atoms with Crippen molar-refractivity contribution >= 4 is 18.0 Å². The SMILES string of the molecule is COc1cccc(/C=C/C(=O)O[C@H](C(=O)N2CCCCC2)c2ccccc2)c1OC. The van der Waals surface area contributed by atoms with Gasteiger partial charge in [-0.2, -0.15) is 0 Å². The van der Waals surface area contributed by atoms with E-state index >= 15 is 0 Å². The van der Waals surface area contributed by atoms with Crippen LogP contribution in [0.3, 0.4) is 0 Å². The highest BCUT2D eigenvalue weighted by Gasteiger charge is 2.29. The topological polar surface area (TPSA) is 65.1 Å². The number of para-hydroxylation sites is 1. The number of piperidine rings is 1. The molecule has 1 fully saturated rings. The number of amides is 1. The van der Waals surface area contributed by atoms with Gasteiger partial charge in [0.05, 0.1) is 14.2 Å². The Morgan fingerprint density at radius 2 is 1.67 bits per heavy atom. The van der Waals surface area contributed by atoms with Crippen LogP contribution in [-0.4, -0.2) is 44.1 Å². The highest BCUT2D eigenvalue weighted by Crippen LogP contribution is 2.31. The summed E-state index contributed by atoms with van der Waals surface area (Å²) in [7, 11) is 3.09. The Morgan fingerprint density at radius 3 is 2.33 bits per heavy atom. The monoisotopic (exact) mass is 409 g/mol. The Morgan fingerprint density at radius 1 is 0.933 bits per heavy atom. The maximum Gasteiger partial charge on any atom is 0.331 e. The van der Waals surface area contributed by atoms with Crippen molar-refractivity contribution in [2.45, 2.75) is 25.4 Å². The average molecular weight is 409 g/mol. The highest BCUT2D eigenvalue weighted by atomic mass is 16.5. The molecule has 6 heteroatoms. The molecule has 6 nitrogen and oxygen atoms in total. The number of ether oxygens (including phenoxy) is 3. The minimum Gasteiger partial charge on any atom is -0.493 e. The number of likely N-dealkylation sites (tertiary alicyclic amines) is 1. The molecule has 0 aromatic heterocycles. The van der Waals surface area contributed by atoms with Crippen molar-refractivity contribution < 1.29 is 23.8 Å². The van der Waals surface area contributed by atoms with Crippen LogP contribution in [0.4, 0.5) is 0 Å². The number of carbonyl (C=O) groups excluding carboxylic acids is 2. The maximum atomic E-state index is 13.1. The van der Waals surface area contributed by atoms with Crippen molar-refractivity contribution in [3.63, 3.8) is 0 Å². The second-order valence-corrected chi connectivity index (χ2v) is 7.03. The zero-order chi connectivity index (χ0) is 21.3. The van der Waals surface area contributed by atoms with Crippen LogP contribution in [0.1, 0.15) is 36.5 Å². The second-order valence-electron chi connectivity index (χ2n) is 7.03. The summed E-state index contributed by atoms with van der Waals surface area (Å²) in [4.78, 5) is 27.5. The second kappa shape index (κ2) is 10.5. The molecule has 1 heterocycles. The van der Waals surface area contributed by atoms with E-state index in [0.717, 1.165) is 19.3 Å². The minimum atomic E-state index is -0.964. The molecule has 0 N–H and O–H groups in total. The van der Waals surface area contributed by atoms with Crippen LogP contribution < -0.4 is 9.47 Å². The molecule has 0 saturated carbocycles. The normalized spacial score (nSPS) is 14.9. The lowest BCUT2D eigenvalue weighted by Crippen LogP contribution is -2.40. The fraction of sp³-hybridized carbons (Fsp3) is 0.333. The lowest BCUT2D eigenvalue weighted by atomic mass is 10.1. The van der Waals surface area contributed by atoms with Gasteiger partial charge in [0.15, 0.2) is 11.5 Å². The highest BCUT2D eigenvalue weighted by molar-refractivity contribution is 5.91. The summed E-state index contributed by atoms with van der Waals surface area (Å²) >= 11 is 0. The zero-order valence-corrected chi connectivity index (χ0v) is 17.4. The van der Waals surface area contributed by atoms with Gasteiger partial charge in [-0.25, -0.2) is 4.79 Å². The van der Waals surface area contributed by atoms with Crippen molar-refractivity contribution in [2.75, 3.05) is 27.3 Å². The summed E-state index contributed by atoms with van der Waals surface area (Å²) in [5.41, 5.74) is 1.33. The first-order valence-electron chi connectivity index (χ1n) is 10.1. The van der Waals surface area contributed by atoms with Gasteiger partial charge in [0.25, 0.3) is 5.91 Å². The molecule has 1 aliphatic rings. The summed E-state index contributed by atoms with van der Waals surface area (Å²) in [6.45, 7) is 1.38. The average Bonchev–Trinajstić information content (AvgIpc) is 2.81. The molecule has 0 aliphatic carbocycles. The molecule has 1 aliphatic heterocycles. The van der Waals surface area contributed by atoms with Crippen molar-refractivity contribution in [1.29, 1.82) is 0 Å². The Labute approximate surface area is 177 Å². The van der Waals surface area contributed by atoms with Crippen LogP contribution in [-0.2, 0) is 14.3 Å². The lowest BCUT2D eigenvalue weighted by Gasteiger charge is -2.30. The number of rotatable bonds is 7. The van der Waals surface area contributed by atoms with Gasteiger partial charge in [-0.15, -0.1) is 0 Å². The number of benzene rings is 2. The van der Waals surface area contributed by atoms with E-state index in [9.17, 15) is 9.59 Å². The van der Waals surface area contributed by atoms with Gasteiger partial charge in [-0.05, 0) is 31.4 Å². The Hall–Kier alpha value is -3.28. The molecule has 1 saturated heterocycles. The molecule has 158 valence electrons. The van der Waals surface area contributed by atoms with Crippen molar-refractivity contribution in [2.24, 2.45) is 0 Å². The molecular formula is C24H27NO5. The van der Waals surface area contributed by atoms with Gasteiger partial charge >= 0.3 is 5.97 Å². The molecule has 1 atom stereocenters. The molecule has 3 rings (SSSR count). The molecular weight excluding hydrogens is 382 g/mol. The molecule has 2 aromatic rings. The largest absolute Gasteiger partial charge is 0.493 e. The predicted octanol–water partition coefficient (Wildman–Crippen LogP) is 4.01.